The number of rotatable bonds is 4. The number of fused-ring (bicyclic) bond motifs is 1. The smallest absolute Gasteiger partial charge is 0.354 e. The van der Waals surface area contributed by atoms with Crippen LogP contribution in [0.1, 0.15) is 67.1 Å². The Labute approximate surface area is 175 Å². The van der Waals surface area contributed by atoms with Gasteiger partial charge in [0.05, 0.1) is 17.0 Å². The van der Waals surface area contributed by atoms with Crippen LogP contribution in [0.5, 0.6) is 0 Å². The minimum atomic E-state index is -3.41. The van der Waals surface area contributed by atoms with E-state index in [1.54, 1.807) is 25.3 Å². The number of thiophene rings is 1. The minimum Gasteiger partial charge on any atom is -0.386 e. The van der Waals surface area contributed by atoms with Gasteiger partial charge >= 0.3 is 6.03 Å². The summed E-state index contributed by atoms with van der Waals surface area (Å²) >= 11 is 1.13. The highest BCUT2D eigenvalue weighted by Crippen LogP contribution is 2.45. The van der Waals surface area contributed by atoms with E-state index < -0.39 is 21.5 Å². The zero-order chi connectivity index (χ0) is 21.0. The van der Waals surface area contributed by atoms with Crippen LogP contribution in [0.4, 0.5) is 10.5 Å². The molecule has 29 heavy (non-hydrogen) atoms. The van der Waals surface area contributed by atoms with Crippen molar-refractivity contribution in [3.05, 3.63) is 39.5 Å². The molecule has 0 saturated heterocycles. The van der Waals surface area contributed by atoms with Crippen LogP contribution in [0.15, 0.2) is 20.0 Å². The molecule has 1 fully saturated rings. The Morgan fingerprint density at radius 3 is 2.69 bits per heavy atom. The lowest BCUT2D eigenvalue weighted by Gasteiger charge is -2.16. The number of nitrogens with one attached hydrogen (secondary N) is 1. The predicted molar refractivity (Wildman–Crippen MR) is 115 cm³/mol. The van der Waals surface area contributed by atoms with Crippen LogP contribution >= 0.6 is 11.3 Å². The third-order valence-electron chi connectivity index (χ3n) is 5.49. The first-order valence-electron chi connectivity index (χ1n) is 9.76. The van der Waals surface area contributed by atoms with Crippen molar-refractivity contribution in [2.75, 3.05) is 5.32 Å². The van der Waals surface area contributed by atoms with Crippen LogP contribution in [-0.2, 0) is 28.4 Å². The van der Waals surface area contributed by atoms with E-state index in [2.05, 4.69) is 9.68 Å². The fourth-order valence-corrected chi connectivity index (χ4v) is 6.04. The molecule has 1 unspecified atom stereocenters. The van der Waals surface area contributed by atoms with Crippen LogP contribution in [0, 0.1) is 6.92 Å². The van der Waals surface area contributed by atoms with Gasteiger partial charge in [0.1, 0.15) is 4.21 Å². The third-order valence-corrected chi connectivity index (χ3v) is 8.34. The summed E-state index contributed by atoms with van der Waals surface area (Å²) in [6, 6.07) is 0.822. The number of nitrogens with zero attached hydrogens (tertiary/aromatic N) is 2. The van der Waals surface area contributed by atoms with Gasteiger partial charge < -0.3 is 10.4 Å². The maximum atomic E-state index is 12.9. The van der Waals surface area contributed by atoms with Crippen molar-refractivity contribution in [1.82, 2.24) is 4.98 Å². The monoisotopic (exact) mass is 434 g/mol. The lowest BCUT2D eigenvalue weighted by Crippen LogP contribution is -2.19. The fourth-order valence-electron chi connectivity index (χ4n) is 3.76. The highest BCUT2D eigenvalue weighted by molar-refractivity contribution is 7.93. The summed E-state index contributed by atoms with van der Waals surface area (Å²) in [6.07, 6.45) is 5.02. The molecule has 0 aromatic carbocycles. The number of pyridine rings is 1. The summed E-state index contributed by atoms with van der Waals surface area (Å²) < 4.78 is 17.0. The Morgan fingerprint density at radius 2 is 2.07 bits per heavy atom. The summed E-state index contributed by atoms with van der Waals surface area (Å²) in [4.78, 5) is 17.4. The van der Waals surface area contributed by atoms with Crippen LogP contribution in [0.2, 0.25) is 0 Å². The van der Waals surface area contributed by atoms with Crippen molar-refractivity contribution in [2.45, 2.75) is 68.6 Å². The summed E-state index contributed by atoms with van der Waals surface area (Å²) in [6.45, 7) is 5.28. The van der Waals surface area contributed by atoms with Crippen molar-refractivity contribution in [3.63, 3.8) is 0 Å². The molecule has 7 nitrogen and oxygen atoms in total. The average molecular weight is 435 g/mol. The molecule has 4 N–H and O–H groups in total. The van der Waals surface area contributed by atoms with Gasteiger partial charge in [-0.3, -0.25) is 4.98 Å². The Hall–Kier alpha value is -1.81. The van der Waals surface area contributed by atoms with Crippen molar-refractivity contribution in [3.8, 4) is 0 Å². The third kappa shape index (κ3) is 4.09. The Balaban J connectivity index is 1.66. The Morgan fingerprint density at radius 1 is 1.38 bits per heavy atom. The maximum absolute atomic E-state index is 12.9. The van der Waals surface area contributed by atoms with E-state index in [-0.39, 0.29) is 4.21 Å². The molecular formula is C20H26N4O3S2. The Bertz CT molecular complexity index is 1100. The van der Waals surface area contributed by atoms with Crippen LogP contribution in [-0.4, -0.2) is 20.3 Å². The highest BCUT2D eigenvalue weighted by Gasteiger charge is 2.32. The van der Waals surface area contributed by atoms with Crippen LogP contribution in [0.25, 0.3) is 0 Å². The van der Waals surface area contributed by atoms with Crippen LogP contribution < -0.4 is 10.5 Å². The standard InChI is InChI=1S/C20H26N4O3S2/c1-11-14-5-4-6-15(14)18(17(22-11)12-7-8-12)23-19(25)24-29(21,27)16-9-13(10-28-16)20(2,3)26/h9-10,12,26H,4-8H2,1-3H3,(H3,21,23,24,25,27). The molecule has 0 spiro atoms. The highest BCUT2D eigenvalue weighted by atomic mass is 32.2. The van der Waals surface area contributed by atoms with E-state index >= 15 is 0 Å². The first-order valence-corrected chi connectivity index (χ1v) is 12.2. The molecule has 0 aliphatic heterocycles. The second-order valence-corrected chi connectivity index (χ2v) is 11.3. The number of hydrogen-bond donors (Lipinski definition) is 3. The zero-order valence-electron chi connectivity index (χ0n) is 16.8. The molecule has 2 aliphatic rings. The van der Waals surface area contributed by atoms with Crippen molar-refractivity contribution >= 4 is 33.0 Å². The average Bonchev–Trinajstić information content (AvgIpc) is 3.11. The second kappa shape index (κ2) is 7.16. The van der Waals surface area contributed by atoms with Gasteiger partial charge in [0.15, 0.2) is 9.92 Å². The normalized spacial score (nSPS) is 18.2. The molecule has 2 heterocycles. The summed E-state index contributed by atoms with van der Waals surface area (Å²) in [5.74, 6) is 0.365. The van der Waals surface area contributed by atoms with Gasteiger partial charge in [0, 0.05) is 11.6 Å². The van der Waals surface area contributed by atoms with E-state index in [1.807, 2.05) is 6.92 Å². The molecule has 1 atom stereocenters. The molecule has 1 saturated carbocycles. The molecule has 2 aliphatic carbocycles. The first kappa shape index (κ1) is 20.5. The molecule has 9 heteroatoms. The summed E-state index contributed by atoms with van der Waals surface area (Å²) in [7, 11) is -3.41. The predicted octanol–water partition coefficient (Wildman–Crippen LogP) is 3.98. The number of aliphatic hydroxyl groups is 1. The maximum Gasteiger partial charge on any atom is 0.354 e. The van der Waals surface area contributed by atoms with E-state index in [0.717, 1.165) is 66.1 Å². The molecule has 2 amide bonds. The quantitative estimate of drug-likeness (QED) is 0.674. The van der Waals surface area contributed by atoms with Gasteiger partial charge in [-0.15, -0.1) is 15.7 Å². The van der Waals surface area contributed by atoms with Gasteiger partial charge in [-0.25, -0.2) is 14.1 Å². The summed E-state index contributed by atoms with van der Waals surface area (Å²) in [5, 5.41) is 20.5. The minimum absolute atomic E-state index is 0.263. The fraction of sp³-hybridized carbons (Fsp3) is 0.500. The first-order chi connectivity index (χ1) is 13.6. The number of nitrogens with two attached hydrogens (primary N) is 1. The van der Waals surface area contributed by atoms with E-state index in [0.29, 0.717) is 11.5 Å². The van der Waals surface area contributed by atoms with E-state index in [1.165, 1.54) is 5.56 Å². The van der Waals surface area contributed by atoms with E-state index in [9.17, 15) is 14.1 Å². The molecule has 0 radical (unpaired) electrons. The number of aromatic nitrogens is 1. The van der Waals surface area contributed by atoms with Crippen molar-refractivity contribution in [2.24, 2.45) is 9.50 Å². The molecule has 4 rings (SSSR count). The van der Waals surface area contributed by atoms with Gasteiger partial charge in [-0.1, -0.05) is 0 Å². The number of amides is 2. The van der Waals surface area contributed by atoms with E-state index in [4.69, 9.17) is 10.1 Å². The van der Waals surface area contributed by atoms with Gasteiger partial charge in [-0.2, -0.15) is 0 Å². The number of carbonyl (C=O) groups excluding carboxylic acids is 1. The van der Waals surface area contributed by atoms with Crippen LogP contribution in [0.3, 0.4) is 0 Å². The topological polar surface area (TPSA) is 118 Å². The number of carbonyl (C=O) groups is 1. The SMILES string of the molecule is Cc1nc(C2CC2)c(NC(=O)N=S(N)(=O)c2cc(C(C)(C)O)cs2)c2c1CCC2. The van der Waals surface area contributed by atoms with Gasteiger partial charge in [0.25, 0.3) is 0 Å². The Kier molecular flexibility index (Phi) is 5.05. The van der Waals surface area contributed by atoms with Gasteiger partial charge in [0.2, 0.25) is 0 Å². The zero-order valence-corrected chi connectivity index (χ0v) is 18.5. The lowest BCUT2D eigenvalue weighted by atomic mass is 10.0. The molecule has 2 aromatic heterocycles. The molecular weight excluding hydrogens is 408 g/mol. The number of aryl methyl sites for hydroxylation is 1. The number of urea groups is 1. The molecule has 156 valence electrons. The lowest BCUT2D eigenvalue weighted by molar-refractivity contribution is 0.0789. The molecule has 2 aromatic rings. The number of hydrogen-bond acceptors (Lipinski definition) is 5. The summed E-state index contributed by atoms with van der Waals surface area (Å²) in [5.41, 5.74) is 4.52. The van der Waals surface area contributed by atoms with Crippen molar-refractivity contribution in [1.29, 1.82) is 0 Å². The van der Waals surface area contributed by atoms with Gasteiger partial charge in [-0.05, 0) is 81.0 Å². The largest absolute Gasteiger partial charge is 0.386 e. The molecule has 0 bridgehead atoms. The second-order valence-electron chi connectivity index (χ2n) is 8.35. The number of anilines is 1. The van der Waals surface area contributed by atoms with Crippen molar-refractivity contribution < 1.29 is 14.1 Å².